The van der Waals surface area contributed by atoms with Crippen molar-refractivity contribution in [1.29, 1.82) is 0 Å². The van der Waals surface area contributed by atoms with Gasteiger partial charge in [0, 0.05) is 29.6 Å². The number of nitrogens with zero attached hydrogens (tertiary/aromatic N) is 2. The van der Waals surface area contributed by atoms with Crippen LogP contribution in [0.2, 0.25) is 5.15 Å². The Hall–Kier alpha value is -1.02. The van der Waals surface area contributed by atoms with E-state index in [0.29, 0.717) is 4.47 Å². The molecule has 0 aromatic carbocycles. The molecule has 2 rings (SSSR count). The molecule has 0 bridgehead atoms. The minimum atomic E-state index is -3.71. The van der Waals surface area contributed by atoms with E-state index in [2.05, 4.69) is 30.6 Å². The lowest BCUT2D eigenvalue weighted by molar-refractivity contribution is 0.581. The van der Waals surface area contributed by atoms with Gasteiger partial charge in [0.2, 0.25) is 10.0 Å². The lowest BCUT2D eigenvalue weighted by atomic mass is 10.3. The molecule has 0 fully saturated rings. The van der Waals surface area contributed by atoms with Gasteiger partial charge in [0.25, 0.3) is 0 Å². The molecular formula is C11H9BrClN3O2S. The molecule has 2 heterocycles. The van der Waals surface area contributed by atoms with Crippen molar-refractivity contribution in [3.63, 3.8) is 0 Å². The highest BCUT2D eigenvalue weighted by Crippen LogP contribution is 2.22. The molecule has 0 aliphatic heterocycles. The van der Waals surface area contributed by atoms with Gasteiger partial charge in [-0.15, -0.1) is 0 Å². The van der Waals surface area contributed by atoms with Crippen LogP contribution in [0.5, 0.6) is 0 Å². The maximum atomic E-state index is 12.1. The molecule has 0 saturated heterocycles. The minimum absolute atomic E-state index is 0.0626. The highest BCUT2D eigenvalue weighted by molar-refractivity contribution is 9.10. The van der Waals surface area contributed by atoms with E-state index in [9.17, 15) is 8.42 Å². The van der Waals surface area contributed by atoms with Crippen LogP contribution in [0.15, 0.2) is 46.2 Å². The Morgan fingerprint density at radius 3 is 2.84 bits per heavy atom. The van der Waals surface area contributed by atoms with Gasteiger partial charge in [0.15, 0.2) is 0 Å². The zero-order valence-corrected chi connectivity index (χ0v) is 12.7. The number of hydrogen-bond acceptors (Lipinski definition) is 4. The maximum absolute atomic E-state index is 12.1. The van der Waals surface area contributed by atoms with Crippen LogP contribution < -0.4 is 4.72 Å². The standard InChI is InChI=1S/C11H9BrClN3O2S/c12-9-4-10(11(13)15-7-9)19(17,18)16-6-8-2-1-3-14-5-8/h1-5,7,16H,6H2. The van der Waals surface area contributed by atoms with E-state index in [1.54, 1.807) is 24.5 Å². The fourth-order valence-electron chi connectivity index (χ4n) is 1.35. The van der Waals surface area contributed by atoms with Crippen molar-refractivity contribution in [3.8, 4) is 0 Å². The summed E-state index contributed by atoms with van der Waals surface area (Å²) in [5.41, 5.74) is 0.755. The molecule has 0 spiro atoms. The summed E-state index contributed by atoms with van der Waals surface area (Å²) in [5.74, 6) is 0. The van der Waals surface area contributed by atoms with Crippen LogP contribution in [-0.4, -0.2) is 18.4 Å². The lowest BCUT2D eigenvalue weighted by Crippen LogP contribution is -2.23. The molecule has 0 aliphatic carbocycles. The first-order chi connectivity index (χ1) is 8.99. The van der Waals surface area contributed by atoms with E-state index in [1.165, 1.54) is 12.3 Å². The summed E-state index contributed by atoms with van der Waals surface area (Å²) in [6.45, 7) is 0.138. The van der Waals surface area contributed by atoms with Crippen molar-refractivity contribution in [3.05, 3.63) is 52.0 Å². The molecule has 8 heteroatoms. The van der Waals surface area contributed by atoms with Crippen molar-refractivity contribution in [1.82, 2.24) is 14.7 Å². The molecule has 0 atom stereocenters. The first-order valence-electron chi connectivity index (χ1n) is 5.18. The fourth-order valence-corrected chi connectivity index (χ4v) is 3.31. The topological polar surface area (TPSA) is 72.0 Å². The Morgan fingerprint density at radius 2 is 2.16 bits per heavy atom. The number of sulfonamides is 1. The maximum Gasteiger partial charge on any atom is 0.243 e. The minimum Gasteiger partial charge on any atom is -0.264 e. The monoisotopic (exact) mass is 361 g/mol. The zero-order chi connectivity index (χ0) is 13.9. The molecule has 0 amide bonds. The Kier molecular flexibility index (Phi) is 4.51. The number of rotatable bonds is 4. The highest BCUT2D eigenvalue weighted by Gasteiger charge is 2.19. The van der Waals surface area contributed by atoms with Gasteiger partial charge < -0.3 is 0 Å². The zero-order valence-electron chi connectivity index (χ0n) is 9.55. The van der Waals surface area contributed by atoms with Gasteiger partial charge in [-0.25, -0.2) is 18.1 Å². The van der Waals surface area contributed by atoms with Gasteiger partial charge in [-0.05, 0) is 33.6 Å². The molecule has 100 valence electrons. The molecule has 0 radical (unpaired) electrons. The quantitative estimate of drug-likeness (QED) is 0.848. The molecule has 0 saturated carbocycles. The number of hydrogen-bond donors (Lipinski definition) is 1. The average Bonchev–Trinajstić information content (AvgIpc) is 2.40. The summed E-state index contributed by atoms with van der Waals surface area (Å²) in [6.07, 6.45) is 4.64. The van der Waals surface area contributed by atoms with Crippen LogP contribution in [-0.2, 0) is 16.6 Å². The van der Waals surface area contributed by atoms with Crippen LogP contribution in [0.1, 0.15) is 5.56 Å². The third kappa shape index (κ3) is 3.73. The van der Waals surface area contributed by atoms with Crippen LogP contribution in [0.25, 0.3) is 0 Å². The van der Waals surface area contributed by atoms with E-state index < -0.39 is 10.0 Å². The second kappa shape index (κ2) is 5.96. The second-order valence-electron chi connectivity index (χ2n) is 3.63. The van der Waals surface area contributed by atoms with Gasteiger partial charge in [-0.2, -0.15) is 0 Å². The van der Waals surface area contributed by atoms with Crippen LogP contribution in [0, 0.1) is 0 Å². The van der Waals surface area contributed by atoms with Crippen molar-refractivity contribution >= 4 is 37.6 Å². The molecule has 5 nitrogen and oxygen atoms in total. The van der Waals surface area contributed by atoms with E-state index in [-0.39, 0.29) is 16.6 Å². The van der Waals surface area contributed by atoms with Crippen LogP contribution in [0.3, 0.4) is 0 Å². The fraction of sp³-hybridized carbons (Fsp3) is 0.0909. The van der Waals surface area contributed by atoms with Gasteiger partial charge in [-0.3, -0.25) is 4.98 Å². The van der Waals surface area contributed by atoms with E-state index in [4.69, 9.17) is 11.6 Å². The van der Waals surface area contributed by atoms with Gasteiger partial charge >= 0.3 is 0 Å². The Balaban J connectivity index is 2.21. The predicted octanol–water partition coefficient (Wildman–Crippen LogP) is 2.37. The number of pyridine rings is 2. The lowest BCUT2D eigenvalue weighted by Gasteiger charge is -2.08. The average molecular weight is 363 g/mol. The highest BCUT2D eigenvalue weighted by atomic mass is 79.9. The van der Waals surface area contributed by atoms with Crippen molar-refractivity contribution in [2.24, 2.45) is 0 Å². The predicted molar refractivity (Wildman–Crippen MR) is 75.2 cm³/mol. The molecule has 2 aromatic rings. The van der Waals surface area contributed by atoms with E-state index >= 15 is 0 Å². The van der Waals surface area contributed by atoms with Crippen molar-refractivity contribution < 1.29 is 8.42 Å². The number of halogens is 2. The number of aromatic nitrogens is 2. The van der Waals surface area contributed by atoms with Crippen LogP contribution in [0.4, 0.5) is 0 Å². The Bertz CT molecular complexity index is 680. The van der Waals surface area contributed by atoms with E-state index in [0.717, 1.165) is 5.56 Å². The SMILES string of the molecule is O=S(=O)(NCc1cccnc1)c1cc(Br)cnc1Cl. The van der Waals surface area contributed by atoms with Gasteiger partial charge in [-0.1, -0.05) is 17.7 Å². The van der Waals surface area contributed by atoms with E-state index in [1.807, 2.05) is 0 Å². The third-order valence-electron chi connectivity index (χ3n) is 2.25. The smallest absolute Gasteiger partial charge is 0.243 e. The molecule has 1 N–H and O–H groups in total. The first-order valence-corrected chi connectivity index (χ1v) is 7.84. The normalized spacial score (nSPS) is 11.5. The third-order valence-corrected chi connectivity index (χ3v) is 4.51. The summed E-state index contributed by atoms with van der Waals surface area (Å²) in [6, 6.07) is 4.91. The summed E-state index contributed by atoms with van der Waals surface area (Å²) < 4.78 is 27.2. The molecule has 19 heavy (non-hydrogen) atoms. The first kappa shape index (κ1) is 14.4. The summed E-state index contributed by atoms with van der Waals surface area (Å²) in [7, 11) is -3.71. The van der Waals surface area contributed by atoms with Crippen molar-refractivity contribution in [2.75, 3.05) is 0 Å². The summed E-state index contributed by atoms with van der Waals surface area (Å²) >= 11 is 8.96. The van der Waals surface area contributed by atoms with Crippen molar-refractivity contribution in [2.45, 2.75) is 11.4 Å². The number of nitrogens with one attached hydrogen (secondary N) is 1. The summed E-state index contributed by atoms with van der Waals surface area (Å²) in [4.78, 5) is 7.63. The van der Waals surface area contributed by atoms with Gasteiger partial charge in [0.1, 0.15) is 10.0 Å². The van der Waals surface area contributed by atoms with Gasteiger partial charge in [0.05, 0.1) is 0 Å². The molecule has 2 aromatic heterocycles. The Labute approximate surface area is 124 Å². The molecule has 0 aliphatic rings. The Morgan fingerprint density at radius 1 is 1.37 bits per heavy atom. The second-order valence-corrected chi connectivity index (χ2v) is 6.64. The largest absolute Gasteiger partial charge is 0.264 e. The molecule has 0 unspecified atom stereocenters. The molecular weight excluding hydrogens is 354 g/mol. The summed E-state index contributed by atoms with van der Waals surface area (Å²) in [5, 5.41) is -0.0677. The van der Waals surface area contributed by atoms with Crippen LogP contribution >= 0.6 is 27.5 Å².